The Morgan fingerprint density at radius 1 is 1.59 bits per heavy atom. The molecule has 1 aliphatic heterocycles. The molecule has 0 radical (unpaired) electrons. The van der Waals surface area contributed by atoms with Crippen molar-refractivity contribution in [2.24, 2.45) is 0 Å². The van der Waals surface area contributed by atoms with Crippen molar-refractivity contribution in [1.82, 2.24) is 9.88 Å². The van der Waals surface area contributed by atoms with Gasteiger partial charge in [0, 0.05) is 31.6 Å². The maximum atomic E-state index is 11.8. The van der Waals surface area contributed by atoms with E-state index in [1.54, 1.807) is 0 Å². The quantitative estimate of drug-likeness (QED) is 0.614. The molecule has 1 aromatic rings. The molecule has 1 saturated heterocycles. The predicted octanol–water partition coefficient (Wildman–Crippen LogP) is 2.85. The number of carbonyl (C=O) groups excluding carboxylic acids is 1. The second-order valence-corrected chi connectivity index (χ2v) is 5.66. The lowest BCUT2D eigenvalue weighted by atomic mass is 10.1. The minimum absolute atomic E-state index is 0.135. The van der Waals surface area contributed by atoms with Crippen LogP contribution in [0.25, 0.3) is 0 Å². The zero-order chi connectivity index (χ0) is 16.1. The van der Waals surface area contributed by atoms with Gasteiger partial charge in [0.15, 0.2) is 0 Å². The molecule has 7 nitrogen and oxygen atoms in total. The van der Waals surface area contributed by atoms with Crippen LogP contribution >= 0.6 is 11.6 Å². The zero-order valence-electron chi connectivity index (χ0n) is 12.4. The number of halogens is 1. The van der Waals surface area contributed by atoms with E-state index in [4.69, 9.17) is 11.6 Å². The van der Waals surface area contributed by atoms with Crippen molar-refractivity contribution >= 4 is 29.0 Å². The molecule has 0 unspecified atom stereocenters. The Labute approximate surface area is 133 Å². The van der Waals surface area contributed by atoms with Crippen LogP contribution in [0.3, 0.4) is 0 Å². The van der Waals surface area contributed by atoms with E-state index in [-0.39, 0.29) is 22.7 Å². The number of nitrogens with zero attached hydrogens (tertiary/aromatic N) is 3. The van der Waals surface area contributed by atoms with E-state index < -0.39 is 4.92 Å². The lowest BCUT2D eigenvalue weighted by molar-refractivity contribution is -0.385. The highest BCUT2D eigenvalue weighted by Gasteiger charge is 2.26. The summed E-state index contributed by atoms with van der Waals surface area (Å²) in [5.41, 5.74) is -0.135. The summed E-state index contributed by atoms with van der Waals surface area (Å²) in [5.74, 6) is 0.646. The molecular weight excluding hydrogens is 308 g/mol. The molecule has 0 spiro atoms. The molecule has 0 saturated carbocycles. The highest BCUT2D eigenvalue weighted by Crippen LogP contribution is 2.24. The fourth-order valence-electron chi connectivity index (χ4n) is 2.65. The van der Waals surface area contributed by atoms with E-state index in [2.05, 4.69) is 17.2 Å². The summed E-state index contributed by atoms with van der Waals surface area (Å²) in [5, 5.41) is 13.9. The van der Waals surface area contributed by atoms with Crippen LogP contribution in [-0.2, 0) is 4.79 Å². The highest BCUT2D eigenvalue weighted by molar-refractivity contribution is 6.33. The van der Waals surface area contributed by atoms with E-state index in [1.807, 2.05) is 4.90 Å². The van der Waals surface area contributed by atoms with Crippen molar-refractivity contribution < 1.29 is 9.72 Å². The topological polar surface area (TPSA) is 88.4 Å². The number of nitrogens with one attached hydrogen (secondary N) is 1. The molecule has 2 heterocycles. The van der Waals surface area contributed by atoms with Crippen LogP contribution in [0.5, 0.6) is 0 Å². The van der Waals surface area contributed by atoms with Gasteiger partial charge in [-0.1, -0.05) is 18.5 Å². The third-order valence-electron chi connectivity index (χ3n) is 3.83. The monoisotopic (exact) mass is 326 g/mol. The van der Waals surface area contributed by atoms with Gasteiger partial charge in [0.25, 0.3) is 5.69 Å². The van der Waals surface area contributed by atoms with E-state index in [0.29, 0.717) is 18.8 Å². The van der Waals surface area contributed by atoms with Gasteiger partial charge in [0.2, 0.25) is 5.91 Å². The van der Waals surface area contributed by atoms with E-state index in [0.717, 1.165) is 25.8 Å². The fourth-order valence-corrected chi connectivity index (χ4v) is 2.88. The average molecular weight is 327 g/mol. The van der Waals surface area contributed by atoms with E-state index in [9.17, 15) is 14.9 Å². The van der Waals surface area contributed by atoms with Crippen molar-refractivity contribution in [2.75, 3.05) is 18.4 Å². The first-order chi connectivity index (χ1) is 10.5. The summed E-state index contributed by atoms with van der Waals surface area (Å²) < 4.78 is 0. The van der Waals surface area contributed by atoms with Gasteiger partial charge in [-0.3, -0.25) is 14.9 Å². The maximum Gasteiger partial charge on any atom is 0.289 e. The predicted molar refractivity (Wildman–Crippen MR) is 84.0 cm³/mol. The molecule has 1 atom stereocenters. The van der Waals surface area contributed by atoms with Crippen molar-refractivity contribution in [3.63, 3.8) is 0 Å². The Kier molecular flexibility index (Phi) is 5.54. The van der Waals surface area contributed by atoms with Gasteiger partial charge >= 0.3 is 0 Å². The van der Waals surface area contributed by atoms with Gasteiger partial charge in [0.1, 0.15) is 12.0 Å². The van der Waals surface area contributed by atoms with Crippen LogP contribution in [0.1, 0.15) is 32.6 Å². The molecule has 0 aliphatic carbocycles. The summed E-state index contributed by atoms with van der Waals surface area (Å²) in [4.78, 5) is 27.8. The first kappa shape index (κ1) is 16.5. The molecular formula is C14H19ClN4O3. The van der Waals surface area contributed by atoms with Gasteiger partial charge in [-0.15, -0.1) is 0 Å². The third kappa shape index (κ3) is 3.85. The average Bonchev–Trinajstić information content (AvgIpc) is 2.91. The van der Waals surface area contributed by atoms with Crippen molar-refractivity contribution in [3.8, 4) is 0 Å². The Balaban J connectivity index is 1.90. The molecule has 120 valence electrons. The molecule has 0 bridgehead atoms. The van der Waals surface area contributed by atoms with Crippen LogP contribution in [0.15, 0.2) is 12.3 Å². The first-order valence-electron chi connectivity index (χ1n) is 7.36. The molecule has 8 heteroatoms. The number of amides is 1. The fraction of sp³-hybridized carbons (Fsp3) is 0.571. The Morgan fingerprint density at radius 2 is 2.36 bits per heavy atom. The van der Waals surface area contributed by atoms with Crippen molar-refractivity contribution in [2.45, 2.75) is 38.6 Å². The third-order valence-corrected chi connectivity index (χ3v) is 4.12. The lowest BCUT2D eigenvalue weighted by Gasteiger charge is -2.27. The number of anilines is 1. The SMILES string of the molecule is CC[C@H](CCNc1ncc([N+](=O)[O-])cc1Cl)N1CCCC1=O. The van der Waals surface area contributed by atoms with Gasteiger partial charge in [-0.25, -0.2) is 4.98 Å². The second-order valence-electron chi connectivity index (χ2n) is 5.25. The zero-order valence-corrected chi connectivity index (χ0v) is 13.2. The largest absolute Gasteiger partial charge is 0.369 e. The molecule has 1 N–H and O–H groups in total. The number of aromatic nitrogens is 1. The number of nitro groups is 1. The highest BCUT2D eigenvalue weighted by atomic mass is 35.5. The number of likely N-dealkylation sites (tertiary alicyclic amines) is 1. The Hall–Kier alpha value is -1.89. The van der Waals surface area contributed by atoms with Crippen LogP contribution in [-0.4, -0.2) is 39.8 Å². The van der Waals surface area contributed by atoms with E-state index >= 15 is 0 Å². The smallest absolute Gasteiger partial charge is 0.289 e. The summed E-state index contributed by atoms with van der Waals surface area (Å²) in [7, 11) is 0. The molecule has 1 fully saturated rings. The maximum absolute atomic E-state index is 11.8. The normalized spacial score (nSPS) is 15.9. The van der Waals surface area contributed by atoms with Gasteiger partial charge < -0.3 is 10.2 Å². The second kappa shape index (κ2) is 7.40. The minimum atomic E-state index is -0.533. The number of hydrogen-bond donors (Lipinski definition) is 1. The standard InChI is InChI=1S/C14H19ClN4O3/c1-2-10(18-7-3-4-13(18)20)5-6-16-14-12(15)8-11(9-17-14)19(21)22/h8-10H,2-7H2,1H3,(H,16,17)/t10-/m1/s1. The van der Waals surface area contributed by atoms with Crippen LogP contribution in [0, 0.1) is 10.1 Å². The number of pyridine rings is 1. The lowest BCUT2D eigenvalue weighted by Crippen LogP contribution is -2.37. The summed E-state index contributed by atoms with van der Waals surface area (Å²) in [6.07, 6.45) is 4.43. The molecule has 1 aliphatic rings. The molecule has 2 rings (SSSR count). The summed E-state index contributed by atoms with van der Waals surface area (Å²) in [6.45, 7) is 3.49. The van der Waals surface area contributed by atoms with E-state index in [1.165, 1.54) is 12.3 Å². The van der Waals surface area contributed by atoms with Crippen molar-refractivity contribution in [3.05, 3.63) is 27.4 Å². The van der Waals surface area contributed by atoms with Crippen molar-refractivity contribution in [1.29, 1.82) is 0 Å². The van der Waals surface area contributed by atoms with Gasteiger partial charge in [-0.05, 0) is 19.3 Å². The number of rotatable bonds is 7. The summed E-state index contributed by atoms with van der Waals surface area (Å²) >= 11 is 5.98. The molecule has 0 aromatic carbocycles. The molecule has 1 amide bonds. The van der Waals surface area contributed by atoms with Crippen LogP contribution in [0.4, 0.5) is 11.5 Å². The molecule has 22 heavy (non-hydrogen) atoms. The summed E-state index contributed by atoms with van der Waals surface area (Å²) in [6, 6.07) is 1.48. The molecule has 1 aromatic heterocycles. The van der Waals surface area contributed by atoms with Crippen LogP contribution in [0.2, 0.25) is 5.02 Å². The minimum Gasteiger partial charge on any atom is -0.369 e. The Morgan fingerprint density at radius 3 is 2.91 bits per heavy atom. The van der Waals surface area contributed by atoms with Crippen LogP contribution < -0.4 is 5.32 Å². The van der Waals surface area contributed by atoms with Gasteiger partial charge in [-0.2, -0.15) is 0 Å². The first-order valence-corrected chi connectivity index (χ1v) is 7.74. The Bertz CT molecular complexity index is 567. The number of hydrogen-bond acceptors (Lipinski definition) is 5. The number of carbonyl (C=O) groups is 1. The van der Waals surface area contributed by atoms with Gasteiger partial charge in [0.05, 0.1) is 9.95 Å².